The molecule has 2 amide bonds. The van der Waals surface area contributed by atoms with Crippen molar-refractivity contribution in [3.05, 3.63) is 66.2 Å². The summed E-state index contributed by atoms with van der Waals surface area (Å²) in [6.45, 7) is 3.81. The highest BCUT2D eigenvalue weighted by molar-refractivity contribution is 5.89. The van der Waals surface area contributed by atoms with E-state index >= 15 is 0 Å². The van der Waals surface area contributed by atoms with E-state index in [9.17, 15) is 4.79 Å². The summed E-state index contributed by atoms with van der Waals surface area (Å²) in [6, 6.07) is 20.1. The van der Waals surface area contributed by atoms with Crippen LogP contribution < -0.4 is 5.32 Å². The highest BCUT2D eigenvalue weighted by atomic mass is 16.2. The molecule has 0 radical (unpaired) electrons. The highest BCUT2D eigenvalue weighted by Crippen LogP contribution is 2.11. The second kappa shape index (κ2) is 13.0. The van der Waals surface area contributed by atoms with E-state index in [1.807, 2.05) is 41.3 Å². The fourth-order valence-corrected chi connectivity index (χ4v) is 3.21. The SMILES string of the molecule is CCCCCCCCCN(CCc1ccccc1)C(=O)Nc1ccccc1. The van der Waals surface area contributed by atoms with E-state index in [1.165, 1.54) is 44.1 Å². The van der Waals surface area contributed by atoms with Crippen LogP contribution in [0.1, 0.15) is 57.4 Å². The summed E-state index contributed by atoms with van der Waals surface area (Å²) in [5.41, 5.74) is 2.13. The molecule has 0 saturated heterocycles. The molecule has 3 heteroatoms. The van der Waals surface area contributed by atoms with E-state index in [0.717, 1.165) is 31.6 Å². The van der Waals surface area contributed by atoms with Gasteiger partial charge in [-0.05, 0) is 30.5 Å². The van der Waals surface area contributed by atoms with Crippen molar-refractivity contribution >= 4 is 11.7 Å². The molecule has 0 bridgehead atoms. The number of rotatable bonds is 12. The number of urea groups is 1. The van der Waals surface area contributed by atoms with Crippen molar-refractivity contribution in [3.8, 4) is 0 Å². The predicted octanol–water partition coefficient (Wildman–Crippen LogP) is 6.51. The molecule has 2 aromatic rings. The lowest BCUT2D eigenvalue weighted by Crippen LogP contribution is -2.37. The number of unbranched alkanes of at least 4 members (excludes halogenated alkanes) is 6. The minimum Gasteiger partial charge on any atom is -0.324 e. The maximum atomic E-state index is 12.8. The molecule has 0 aromatic heterocycles. The normalized spacial score (nSPS) is 10.6. The van der Waals surface area contributed by atoms with E-state index in [0.29, 0.717) is 0 Å². The molecule has 3 nitrogen and oxygen atoms in total. The molecule has 27 heavy (non-hydrogen) atoms. The monoisotopic (exact) mass is 366 g/mol. The zero-order valence-electron chi connectivity index (χ0n) is 16.7. The molecular formula is C24H34N2O. The first-order chi connectivity index (χ1) is 13.3. The molecule has 1 N–H and O–H groups in total. The number of carbonyl (C=O) groups is 1. The molecule has 146 valence electrons. The average molecular weight is 367 g/mol. The van der Waals surface area contributed by atoms with Crippen LogP contribution in [0.25, 0.3) is 0 Å². The fourth-order valence-electron chi connectivity index (χ4n) is 3.21. The molecule has 0 aliphatic carbocycles. The van der Waals surface area contributed by atoms with Crippen LogP contribution in [0.4, 0.5) is 10.5 Å². The van der Waals surface area contributed by atoms with Gasteiger partial charge in [0, 0.05) is 18.8 Å². The summed E-state index contributed by atoms with van der Waals surface area (Å²) < 4.78 is 0. The summed E-state index contributed by atoms with van der Waals surface area (Å²) in [7, 11) is 0. The minimum atomic E-state index is 0.00288. The second-order valence-electron chi connectivity index (χ2n) is 7.14. The van der Waals surface area contributed by atoms with Crippen molar-refractivity contribution in [2.45, 2.75) is 58.3 Å². The number of nitrogens with one attached hydrogen (secondary N) is 1. The molecule has 0 heterocycles. The van der Waals surface area contributed by atoms with Gasteiger partial charge in [0.2, 0.25) is 0 Å². The first kappa shape index (κ1) is 21.0. The van der Waals surface area contributed by atoms with Crippen molar-refractivity contribution < 1.29 is 4.79 Å². The highest BCUT2D eigenvalue weighted by Gasteiger charge is 2.13. The van der Waals surface area contributed by atoms with E-state index < -0.39 is 0 Å². The number of benzene rings is 2. The minimum absolute atomic E-state index is 0.00288. The predicted molar refractivity (Wildman–Crippen MR) is 115 cm³/mol. The summed E-state index contributed by atoms with van der Waals surface area (Å²) in [5.74, 6) is 0. The van der Waals surface area contributed by atoms with Gasteiger partial charge >= 0.3 is 6.03 Å². The van der Waals surface area contributed by atoms with Gasteiger partial charge in [0.25, 0.3) is 0 Å². The zero-order valence-corrected chi connectivity index (χ0v) is 16.7. The summed E-state index contributed by atoms with van der Waals surface area (Å²) in [4.78, 5) is 14.7. The van der Waals surface area contributed by atoms with Crippen molar-refractivity contribution in [1.82, 2.24) is 4.90 Å². The van der Waals surface area contributed by atoms with Crippen LogP contribution in [-0.2, 0) is 6.42 Å². The number of hydrogen-bond acceptors (Lipinski definition) is 1. The van der Waals surface area contributed by atoms with Crippen LogP contribution in [0, 0.1) is 0 Å². The Balaban J connectivity index is 1.82. The Hall–Kier alpha value is -2.29. The smallest absolute Gasteiger partial charge is 0.321 e. The third-order valence-corrected chi connectivity index (χ3v) is 4.86. The summed E-state index contributed by atoms with van der Waals surface area (Å²) in [5, 5.41) is 3.03. The Kier molecular flexibility index (Phi) is 10.1. The van der Waals surface area contributed by atoms with Crippen LogP contribution >= 0.6 is 0 Å². The lowest BCUT2D eigenvalue weighted by atomic mass is 10.1. The maximum Gasteiger partial charge on any atom is 0.321 e. The van der Waals surface area contributed by atoms with E-state index in [-0.39, 0.29) is 6.03 Å². The quantitative estimate of drug-likeness (QED) is 0.426. The van der Waals surface area contributed by atoms with Crippen molar-refractivity contribution in [3.63, 3.8) is 0 Å². The Labute approximate surface area is 164 Å². The van der Waals surface area contributed by atoms with Crippen LogP contribution in [0.2, 0.25) is 0 Å². The standard InChI is InChI=1S/C24H34N2O/c1-2-3-4-5-6-7-14-20-26(21-19-22-15-10-8-11-16-22)24(27)25-23-17-12-9-13-18-23/h8-13,15-18H,2-7,14,19-21H2,1H3,(H,25,27). The van der Waals surface area contributed by atoms with Crippen molar-refractivity contribution in [2.24, 2.45) is 0 Å². The second-order valence-corrected chi connectivity index (χ2v) is 7.14. The van der Waals surface area contributed by atoms with Gasteiger partial charge in [-0.3, -0.25) is 0 Å². The van der Waals surface area contributed by atoms with Crippen molar-refractivity contribution in [2.75, 3.05) is 18.4 Å². The van der Waals surface area contributed by atoms with Crippen LogP contribution in [0.3, 0.4) is 0 Å². The lowest BCUT2D eigenvalue weighted by molar-refractivity contribution is 0.211. The number of carbonyl (C=O) groups excluding carboxylic acids is 1. The third kappa shape index (κ3) is 8.76. The van der Waals surface area contributed by atoms with Gasteiger partial charge in [0.1, 0.15) is 0 Å². The van der Waals surface area contributed by atoms with Crippen molar-refractivity contribution in [1.29, 1.82) is 0 Å². The number of para-hydroxylation sites is 1. The van der Waals surface area contributed by atoms with E-state index in [1.54, 1.807) is 0 Å². The van der Waals surface area contributed by atoms with E-state index in [4.69, 9.17) is 0 Å². The number of hydrogen-bond donors (Lipinski definition) is 1. The van der Waals surface area contributed by atoms with Gasteiger partial charge in [0.05, 0.1) is 0 Å². The summed E-state index contributed by atoms with van der Waals surface area (Å²) >= 11 is 0. The fraction of sp³-hybridized carbons (Fsp3) is 0.458. The Bertz CT molecular complexity index is 627. The number of amides is 2. The largest absolute Gasteiger partial charge is 0.324 e. The molecule has 2 rings (SSSR count). The Morgan fingerprint density at radius 1 is 0.778 bits per heavy atom. The Morgan fingerprint density at radius 3 is 2.04 bits per heavy atom. The number of nitrogens with zero attached hydrogens (tertiary/aromatic N) is 1. The molecular weight excluding hydrogens is 332 g/mol. The van der Waals surface area contributed by atoms with Crippen LogP contribution in [0.5, 0.6) is 0 Å². The maximum absolute atomic E-state index is 12.8. The van der Waals surface area contributed by atoms with E-state index in [2.05, 4.69) is 36.5 Å². The van der Waals surface area contributed by atoms with Gasteiger partial charge in [-0.2, -0.15) is 0 Å². The van der Waals surface area contributed by atoms with Gasteiger partial charge in [0.15, 0.2) is 0 Å². The van der Waals surface area contributed by atoms with Gasteiger partial charge in [-0.1, -0.05) is 94.0 Å². The third-order valence-electron chi connectivity index (χ3n) is 4.86. The molecule has 0 aliphatic heterocycles. The molecule has 2 aromatic carbocycles. The first-order valence-corrected chi connectivity index (χ1v) is 10.4. The van der Waals surface area contributed by atoms with Gasteiger partial charge in [-0.25, -0.2) is 4.79 Å². The molecule has 0 saturated carbocycles. The zero-order chi connectivity index (χ0) is 19.2. The molecule has 0 unspecified atom stereocenters. The first-order valence-electron chi connectivity index (χ1n) is 10.4. The topological polar surface area (TPSA) is 32.3 Å². The van der Waals surface area contributed by atoms with Gasteiger partial charge in [-0.15, -0.1) is 0 Å². The van der Waals surface area contributed by atoms with Crippen LogP contribution in [0.15, 0.2) is 60.7 Å². The summed E-state index contributed by atoms with van der Waals surface area (Å²) in [6.07, 6.45) is 9.70. The molecule has 0 atom stereocenters. The lowest BCUT2D eigenvalue weighted by Gasteiger charge is -2.23. The molecule has 0 fully saturated rings. The average Bonchev–Trinajstić information content (AvgIpc) is 2.71. The molecule has 0 spiro atoms. The number of anilines is 1. The Morgan fingerprint density at radius 2 is 1.37 bits per heavy atom. The van der Waals surface area contributed by atoms with Crippen LogP contribution in [-0.4, -0.2) is 24.0 Å². The molecule has 0 aliphatic rings. The van der Waals surface area contributed by atoms with Gasteiger partial charge < -0.3 is 10.2 Å².